The molecule has 0 bridgehead atoms. The van der Waals surface area contributed by atoms with Crippen molar-refractivity contribution in [2.45, 2.75) is 84.6 Å². The third kappa shape index (κ3) is 5.39. The number of hydrogen-bond donors (Lipinski definition) is 0. The highest BCUT2D eigenvalue weighted by atomic mass is 19.3. The molecule has 1 aromatic heterocycles. The van der Waals surface area contributed by atoms with E-state index in [-0.39, 0.29) is 17.8 Å². The molecule has 1 saturated heterocycles. The standard InChI is InChI=1S/C30H35F2N3.C3H8/c1-19-4-8-22(9-5-19)34-16-13-23(14-17-34)35(27-18-33-15-12-24(27)21-6-7-21)26-11-10-25(30(3,31)32)28-20(2)29(26)28;1-3-2/h4-5,8-12,15,18,20-21,23,28-29H,6-7,13-14,16-17H2,1-3H3;3H2,1-2H3. The largest absolute Gasteiger partial charge is 0.371 e. The molecule has 0 amide bonds. The lowest BCUT2D eigenvalue weighted by atomic mass is 9.93. The fourth-order valence-corrected chi connectivity index (χ4v) is 6.49. The SMILES string of the molecule is CCC.Cc1ccc(N2CCC(N(C3=CC=C(C(C)(F)F)C4C(C)C34)c3cnccc3C3CC3)CC2)cc1. The number of aryl methyl sites for hydroxylation is 1. The second kappa shape index (κ2) is 10.8. The minimum Gasteiger partial charge on any atom is -0.371 e. The van der Waals surface area contributed by atoms with Crippen LogP contribution >= 0.6 is 0 Å². The van der Waals surface area contributed by atoms with Gasteiger partial charge in [-0.2, -0.15) is 0 Å². The van der Waals surface area contributed by atoms with Gasteiger partial charge in [0.25, 0.3) is 5.92 Å². The summed E-state index contributed by atoms with van der Waals surface area (Å²) in [4.78, 5) is 9.54. The van der Waals surface area contributed by atoms with Gasteiger partial charge in [-0.1, -0.05) is 51.0 Å². The number of piperidine rings is 1. The summed E-state index contributed by atoms with van der Waals surface area (Å²) in [5.41, 5.74) is 6.67. The maximum absolute atomic E-state index is 14.3. The second-order valence-corrected chi connectivity index (χ2v) is 11.9. The molecule has 4 aliphatic rings. The molecule has 3 fully saturated rings. The van der Waals surface area contributed by atoms with Crippen molar-refractivity contribution in [2.24, 2.45) is 17.8 Å². The van der Waals surface area contributed by atoms with Crippen LogP contribution in [0.25, 0.3) is 0 Å². The zero-order valence-electron chi connectivity index (χ0n) is 23.6. The Hall–Kier alpha value is -2.69. The molecule has 3 atom stereocenters. The summed E-state index contributed by atoms with van der Waals surface area (Å²) < 4.78 is 28.7. The first-order valence-corrected chi connectivity index (χ1v) is 14.6. The van der Waals surface area contributed by atoms with E-state index in [1.807, 2.05) is 18.5 Å². The quantitative estimate of drug-likeness (QED) is 0.381. The number of hydrogen-bond acceptors (Lipinski definition) is 3. The molecule has 3 aliphatic carbocycles. The number of anilines is 2. The van der Waals surface area contributed by atoms with Gasteiger partial charge in [0.2, 0.25) is 0 Å². The highest BCUT2D eigenvalue weighted by Crippen LogP contribution is 2.61. The molecular weight excluding hydrogens is 476 g/mol. The fourth-order valence-electron chi connectivity index (χ4n) is 6.49. The third-order valence-electron chi connectivity index (χ3n) is 8.64. The van der Waals surface area contributed by atoms with Crippen LogP contribution in [0.4, 0.5) is 20.2 Å². The zero-order valence-corrected chi connectivity index (χ0v) is 23.6. The molecule has 2 heterocycles. The smallest absolute Gasteiger partial charge is 0.267 e. The van der Waals surface area contributed by atoms with Crippen LogP contribution in [0.2, 0.25) is 0 Å². The van der Waals surface area contributed by atoms with Crippen LogP contribution in [0.15, 0.2) is 66.1 Å². The van der Waals surface area contributed by atoms with Gasteiger partial charge in [-0.15, -0.1) is 0 Å². The van der Waals surface area contributed by atoms with E-state index in [0.717, 1.165) is 32.9 Å². The Bertz CT molecular complexity index is 1170. The number of rotatable bonds is 6. The van der Waals surface area contributed by atoms with Gasteiger partial charge in [-0.05, 0) is 80.2 Å². The van der Waals surface area contributed by atoms with Gasteiger partial charge in [0.15, 0.2) is 0 Å². The Kier molecular flexibility index (Phi) is 7.66. The first kappa shape index (κ1) is 26.9. The highest BCUT2D eigenvalue weighted by molar-refractivity contribution is 5.63. The molecule has 204 valence electrons. The average Bonchev–Trinajstić information content (AvgIpc) is 3.83. The van der Waals surface area contributed by atoms with Gasteiger partial charge in [0.1, 0.15) is 0 Å². The lowest BCUT2D eigenvalue weighted by Crippen LogP contribution is -2.46. The molecule has 38 heavy (non-hydrogen) atoms. The van der Waals surface area contributed by atoms with Crippen LogP contribution < -0.4 is 9.80 Å². The lowest BCUT2D eigenvalue weighted by molar-refractivity contribution is 0.0561. The van der Waals surface area contributed by atoms with Crippen molar-refractivity contribution in [3.05, 3.63) is 77.3 Å². The van der Waals surface area contributed by atoms with Gasteiger partial charge in [-0.25, -0.2) is 8.78 Å². The van der Waals surface area contributed by atoms with Crippen molar-refractivity contribution >= 4 is 11.4 Å². The predicted octanol–water partition coefficient (Wildman–Crippen LogP) is 8.52. The van der Waals surface area contributed by atoms with Crippen LogP contribution in [0.5, 0.6) is 0 Å². The normalized spacial score (nSPS) is 25.0. The predicted molar refractivity (Wildman–Crippen MR) is 154 cm³/mol. The number of aromatic nitrogens is 1. The number of pyridine rings is 1. The van der Waals surface area contributed by atoms with Gasteiger partial charge < -0.3 is 9.80 Å². The summed E-state index contributed by atoms with van der Waals surface area (Å²) in [6.07, 6.45) is 13.4. The number of nitrogens with zero attached hydrogens (tertiary/aromatic N) is 3. The average molecular weight is 520 g/mol. The van der Waals surface area contributed by atoms with Crippen LogP contribution in [0.3, 0.4) is 0 Å². The first-order chi connectivity index (χ1) is 18.2. The van der Waals surface area contributed by atoms with Crippen LogP contribution in [-0.2, 0) is 0 Å². The van der Waals surface area contributed by atoms with Crippen molar-refractivity contribution in [3.8, 4) is 0 Å². The molecule has 5 heteroatoms. The van der Waals surface area contributed by atoms with Crippen molar-refractivity contribution in [2.75, 3.05) is 22.9 Å². The summed E-state index contributed by atoms with van der Waals surface area (Å²) in [6, 6.07) is 11.3. The van der Waals surface area contributed by atoms with Crippen LogP contribution in [0, 0.1) is 24.7 Å². The third-order valence-corrected chi connectivity index (χ3v) is 8.64. The number of alkyl halides is 2. The number of fused-ring (bicyclic) bond motifs is 1. The van der Waals surface area contributed by atoms with Crippen molar-refractivity contribution in [3.63, 3.8) is 0 Å². The minimum atomic E-state index is -2.76. The van der Waals surface area contributed by atoms with E-state index in [2.05, 4.69) is 72.8 Å². The van der Waals surface area contributed by atoms with Crippen LogP contribution in [0.1, 0.15) is 76.8 Å². The zero-order chi connectivity index (χ0) is 27.0. The van der Waals surface area contributed by atoms with E-state index in [9.17, 15) is 8.78 Å². The molecule has 1 aliphatic heterocycles. The van der Waals surface area contributed by atoms with Crippen molar-refractivity contribution < 1.29 is 8.78 Å². The van der Waals surface area contributed by atoms with E-state index >= 15 is 0 Å². The van der Waals surface area contributed by atoms with E-state index in [1.54, 1.807) is 6.08 Å². The summed E-state index contributed by atoms with van der Waals surface area (Å²) in [5, 5.41) is 0. The maximum atomic E-state index is 14.3. The Morgan fingerprint density at radius 1 is 0.974 bits per heavy atom. The summed E-state index contributed by atoms with van der Waals surface area (Å²) in [7, 11) is 0. The Morgan fingerprint density at radius 2 is 1.63 bits per heavy atom. The first-order valence-electron chi connectivity index (χ1n) is 14.6. The summed E-state index contributed by atoms with van der Waals surface area (Å²) in [6.45, 7) is 11.5. The fraction of sp³-hybridized carbons (Fsp3) is 0.545. The van der Waals surface area contributed by atoms with Gasteiger partial charge in [0, 0.05) is 55.1 Å². The molecular formula is C33H43F2N3. The summed E-state index contributed by atoms with van der Waals surface area (Å²) in [5.74, 6) is -1.79. The van der Waals surface area contributed by atoms with E-state index in [4.69, 9.17) is 0 Å². The molecule has 2 aromatic rings. The van der Waals surface area contributed by atoms with Crippen LogP contribution in [-0.4, -0.2) is 30.0 Å². The lowest BCUT2D eigenvalue weighted by Gasteiger charge is -2.43. The van der Waals surface area contributed by atoms with Gasteiger partial charge in [0.05, 0.1) is 11.9 Å². The molecule has 3 unspecified atom stereocenters. The number of allylic oxidation sites excluding steroid dienone is 4. The molecule has 0 N–H and O–H groups in total. The molecule has 0 radical (unpaired) electrons. The Labute approximate surface area is 227 Å². The molecule has 0 spiro atoms. The van der Waals surface area contributed by atoms with E-state index in [1.165, 1.54) is 47.5 Å². The topological polar surface area (TPSA) is 19.4 Å². The highest BCUT2D eigenvalue weighted by Gasteiger charge is 2.58. The second-order valence-electron chi connectivity index (χ2n) is 11.9. The number of benzene rings is 1. The van der Waals surface area contributed by atoms with Gasteiger partial charge in [-0.3, -0.25) is 4.98 Å². The molecule has 2 saturated carbocycles. The van der Waals surface area contributed by atoms with Gasteiger partial charge >= 0.3 is 0 Å². The number of halogens is 2. The minimum absolute atomic E-state index is 0.0498. The molecule has 3 nitrogen and oxygen atoms in total. The monoisotopic (exact) mass is 519 g/mol. The Morgan fingerprint density at radius 3 is 2.24 bits per heavy atom. The van der Waals surface area contributed by atoms with E-state index < -0.39 is 5.92 Å². The summed E-state index contributed by atoms with van der Waals surface area (Å²) >= 11 is 0. The molecule has 1 aromatic carbocycles. The maximum Gasteiger partial charge on any atom is 0.267 e. The van der Waals surface area contributed by atoms with Crippen molar-refractivity contribution in [1.29, 1.82) is 0 Å². The molecule has 6 rings (SSSR count). The Balaban J connectivity index is 0.000000937. The van der Waals surface area contributed by atoms with Crippen molar-refractivity contribution in [1.82, 2.24) is 4.98 Å². The van der Waals surface area contributed by atoms with E-state index in [0.29, 0.717) is 17.5 Å².